The van der Waals surface area contributed by atoms with E-state index in [1.807, 2.05) is 37.3 Å². The van der Waals surface area contributed by atoms with E-state index in [0.29, 0.717) is 17.3 Å². The predicted molar refractivity (Wildman–Crippen MR) is 91.8 cm³/mol. The van der Waals surface area contributed by atoms with E-state index in [4.69, 9.17) is 16.3 Å². The Morgan fingerprint density at radius 2 is 1.83 bits per heavy atom. The van der Waals surface area contributed by atoms with Gasteiger partial charge < -0.3 is 9.64 Å². The summed E-state index contributed by atoms with van der Waals surface area (Å²) in [5.74, 6) is -0.599. The van der Waals surface area contributed by atoms with Gasteiger partial charge in [-0.05, 0) is 24.6 Å². The van der Waals surface area contributed by atoms with Crippen LogP contribution < -0.4 is 4.74 Å². The zero-order valence-corrected chi connectivity index (χ0v) is 14.1. The van der Waals surface area contributed by atoms with Crippen LogP contribution >= 0.6 is 11.6 Å². The smallest absolute Gasteiger partial charge is 0.316 e. The molecule has 0 aliphatic carbocycles. The van der Waals surface area contributed by atoms with Gasteiger partial charge in [0.2, 0.25) is 5.91 Å². The van der Waals surface area contributed by atoms with E-state index in [-0.39, 0.29) is 18.4 Å². The van der Waals surface area contributed by atoms with E-state index >= 15 is 0 Å². The third-order valence-electron chi connectivity index (χ3n) is 4.29. The number of benzene rings is 2. The lowest BCUT2D eigenvalue weighted by Gasteiger charge is -2.25. The highest BCUT2D eigenvalue weighted by Gasteiger charge is 2.38. The van der Waals surface area contributed by atoms with Gasteiger partial charge in [-0.2, -0.15) is 0 Å². The Bertz CT molecular complexity index is 747. The molecule has 24 heavy (non-hydrogen) atoms. The number of carbonyl (C=O) groups excluding carboxylic acids is 2. The monoisotopic (exact) mass is 343 g/mol. The molecule has 2 atom stereocenters. The molecule has 1 fully saturated rings. The molecule has 0 unspecified atom stereocenters. The van der Waals surface area contributed by atoms with Gasteiger partial charge in [-0.3, -0.25) is 9.59 Å². The number of para-hydroxylation sites is 1. The molecule has 1 saturated heterocycles. The summed E-state index contributed by atoms with van der Waals surface area (Å²) in [6.45, 7) is 2.33. The number of ether oxygens (including phenoxy) is 1. The van der Waals surface area contributed by atoms with Crippen molar-refractivity contribution in [2.75, 3.05) is 6.54 Å². The number of esters is 1. The molecule has 3 rings (SSSR count). The molecule has 2 aromatic carbocycles. The maximum absolute atomic E-state index is 12.4. The molecular weight excluding hydrogens is 326 g/mol. The van der Waals surface area contributed by atoms with Crippen LogP contribution in [0.3, 0.4) is 0 Å². The summed E-state index contributed by atoms with van der Waals surface area (Å²) in [6.07, 6.45) is 0.167. The molecule has 4 nitrogen and oxygen atoms in total. The molecule has 0 saturated carbocycles. The minimum Gasteiger partial charge on any atom is -0.425 e. The lowest BCUT2D eigenvalue weighted by atomic mass is 10.1. The van der Waals surface area contributed by atoms with Crippen LogP contribution in [-0.2, 0) is 9.59 Å². The van der Waals surface area contributed by atoms with Gasteiger partial charge in [-0.25, -0.2) is 0 Å². The van der Waals surface area contributed by atoms with E-state index in [1.54, 1.807) is 29.2 Å². The number of halogens is 1. The lowest BCUT2D eigenvalue weighted by Crippen LogP contribution is -2.30. The first kappa shape index (κ1) is 16.5. The fourth-order valence-electron chi connectivity index (χ4n) is 2.89. The van der Waals surface area contributed by atoms with Gasteiger partial charge in [-0.1, -0.05) is 54.1 Å². The maximum atomic E-state index is 12.4. The van der Waals surface area contributed by atoms with Gasteiger partial charge in [0, 0.05) is 13.0 Å². The molecule has 124 valence electrons. The zero-order valence-electron chi connectivity index (χ0n) is 13.3. The Kier molecular flexibility index (Phi) is 4.86. The standard InChI is InChI=1S/C19H18ClNO3/c1-13(14-7-3-2-4-8-14)21-12-15(11-18(21)22)19(23)24-17-10-6-5-9-16(17)20/h2-10,13,15H,11-12H2,1H3/t13-,15+/m1/s1. The normalized spacial score (nSPS) is 18.5. The molecule has 0 bridgehead atoms. The topological polar surface area (TPSA) is 46.6 Å². The van der Waals surface area contributed by atoms with Crippen LogP contribution in [0.1, 0.15) is 24.9 Å². The van der Waals surface area contributed by atoms with Gasteiger partial charge in [0.05, 0.1) is 17.0 Å². The third-order valence-corrected chi connectivity index (χ3v) is 4.60. The first-order chi connectivity index (χ1) is 11.6. The fraction of sp³-hybridized carbons (Fsp3) is 0.263. The second-order valence-electron chi connectivity index (χ2n) is 5.89. The number of nitrogens with zero attached hydrogens (tertiary/aromatic N) is 1. The highest BCUT2D eigenvalue weighted by atomic mass is 35.5. The second kappa shape index (κ2) is 7.05. The van der Waals surface area contributed by atoms with E-state index < -0.39 is 11.9 Å². The van der Waals surface area contributed by atoms with Gasteiger partial charge >= 0.3 is 5.97 Å². The zero-order chi connectivity index (χ0) is 17.1. The third kappa shape index (κ3) is 3.44. The van der Waals surface area contributed by atoms with E-state index in [0.717, 1.165) is 5.56 Å². The molecule has 1 aliphatic rings. The number of hydrogen-bond donors (Lipinski definition) is 0. The molecule has 0 N–H and O–H groups in total. The molecule has 1 aliphatic heterocycles. The van der Waals surface area contributed by atoms with E-state index in [2.05, 4.69) is 0 Å². The van der Waals surface area contributed by atoms with Gasteiger partial charge in [0.25, 0.3) is 0 Å². The highest BCUT2D eigenvalue weighted by Crippen LogP contribution is 2.30. The highest BCUT2D eigenvalue weighted by molar-refractivity contribution is 6.32. The summed E-state index contributed by atoms with van der Waals surface area (Å²) < 4.78 is 5.36. The number of likely N-dealkylation sites (tertiary alicyclic amines) is 1. The SMILES string of the molecule is C[C@H](c1ccccc1)N1C[C@@H](C(=O)Oc2ccccc2Cl)CC1=O. The van der Waals surface area contributed by atoms with Crippen LogP contribution in [0.25, 0.3) is 0 Å². The molecule has 5 heteroatoms. The van der Waals surface area contributed by atoms with Gasteiger partial charge in [-0.15, -0.1) is 0 Å². The van der Waals surface area contributed by atoms with Crippen LogP contribution in [-0.4, -0.2) is 23.3 Å². The van der Waals surface area contributed by atoms with Crippen LogP contribution in [0.2, 0.25) is 5.02 Å². The van der Waals surface area contributed by atoms with Gasteiger partial charge in [0.15, 0.2) is 0 Å². The first-order valence-electron chi connectivity index (χ1n) is 7.87. The summed E-state index contributed by atoms with van der Waals surface area (Å²) in [6, 6.07) is 16.5. The fourth-order valence-corrected chi connectivity index (χ4v) is 3.07. The Hall–Kier alpha value is -2.33. The average Bonchev–Trinajstić information content (AvgIpc) is 2.99. The van der Waals surface area contributed by atoms with Gasteiger partial charge in [0.1, 0.15) is 5.75 Å². The van der Waals surface area contributed by atoms with Crippen molar-refractivity contribution in [2.45, 2.75) is 19.4 Å². The number of amides is 1. The number of carbonyl (C=O) groups is 2. The van der Waals surface area contributed by atoms with Crippen molar-refractivity contribution >= 4 is 23.5 Å². The van der Waals surface area contributed by atoms with E-state index in [1.165, 1.54) is 0 Å². The van der Waals surface area contributed by atoms with Crippen molar-refractivity contribution in [3.05, 3.63) is 65.2 Å². The van der Waals surface area contributed by atoms with Crippen LogP contribution in [0, 0.1) is 5.92 Å². The van der Waals surface area contributed by atoms with Crippen LogP contribution in [0.15, 0.2) is 54.6 Å². The summed E-state index contributed by atoms with van der Waals surface area (Å²) >= 11 is 6.01. The van der Waals surface area contributed by atoms with Crippen molar-refractivity contribution in [1.82, 2.24) is 4.90 Å². The minimum absolute atomic E-state index is 0.0348. The first-order valence-corrected chi connectivity index (χ1v) is 8.24. The number of rotatable bonds is 4. The molecule has 2 aromatic rings. The summed E-state index contributed by atoms with van der Waals surface area (Å²) in [4.78, 5) is 26.4. The van der Waals surface area contributed by atoms with Crippen molar-refractivity contribution in [1.29, 1.82) is 0 Å². The largest absolute Gasteiger partial charge is 0.425 e. The second-order valence-corrected chi connectivity index (χ2v) is 6.29. The lowest BCUT2D eigenvalue weighted by molar-refractivity contribution is -0.139. The molecule has 1 heterocycles. The Morgan fingerprint density at radius 3 is 2.54 bits per heavy atom. The van der Waals surface area contributed by atoms with Crippen molar-refractivity contribution < 1.29 is 14.3 Å². The van der Waals surface area contributed by atoms with Crippen LogP contribution in [0.4, 0.5) is 0 Å². The molecule has 0 aromatic heterocycles. The predicted octanol–water partition coefficient (Wildman–Crippen LogP) is 3.86. The summed E-state index contributed by atoms with van der Waals surface area (Å²) in [5.41, 5.74) is 1.05. The molecule has 0 spiro atoms. The Labute approximate surface area is 146 Å². The average molecular weight is 344 g/mol. The summed E-state index contributed by atoms with van der Waals surface area (Å²) in [7, 11) is 0. The van der Waals surface area contributed by atoms with Crippen LogP contribution in [0.5, 0.6) is 5.75 Å². The van der Waals surface area contributed by atoms with Crippen molar-refractivity contribution in [3.63, 3.8) is 0 Å². The quantitative estimate of drug-likeness (QED) is 0.625. The van der Waals surface area contributed by atoms with E-state index in [9.17, 15) is 9.59 Å². The maximum Gasteiger partial charge on any atom is 0.316 e. The van der Waals surface area contributed by atoms with Crippen molar-refractivity contribution in [3.8, 4) is 5.75 Å². The number of hydrogen-bond acceptors (Lipinski definition) is 3. The van der Waals surface area contributed by atoms with Crippen molar-refractivity contribution in [2.24, 2.45) is 5.92 Å². The summed E-state index contributed by atoms with van der Waals surface area (Å²) in [5, 5.41) is 0.379. The Balaban J connectivity index is 1.68. The molecule has 1 amide bonds. The minimum atomic E-state index is -0.472. The molecule has 0 radical (unpaired) electrons. The Morgan fingerprint density at radius 1 is 1.17 bits per heavy atom. The molecular formula is C19H18ClNO3.